The third-order valence-corrected chi connectivity index (χ3v) is 14.8. The van der Waals surface area contributed by atoms with Crippen molar-refractivity contribution in [3.8, 4) is 0 Å². The molecular formula is C47H80N9O13P. The number of carboxylic acid groups (broad SMARTS) is 1. The molecule has 23 heteroatoms. The lowest BCUT2D eigenvalue weighted by atomic mass is 9.89. The number of methoxy groups -OCH3 is 2. The Kier molecular flexibility index (Phi) is 26.0. The fraction of sp³-hybridized carbons (Fsp3) is 0.745. The van der Waals surface area contributed by atoms with Gasteiger partial charge >= 0.3 is 13.7 Å². The van der Waals surface area contributed by atoms with Gasteiger partial charge < -0.3 is 50.3 Å². The number of rotatable bonds is 31. The molecule has 70 heavy (non-hydrogen) atoms. The van der Waals surface area contributed by atoms with E-state index >= 15 is 0 Å². The van der Waals surface area contributed by atoms with E-state index in [4.69, 9.17) is 19.5 Å². The second-order valence-electron chi connectivity index (χ2n) is 19.0. The number of azide groups is 1. The number of aliphatic hydroxyl groups is 1. The van der Waals surface area contributed by atoms with Crippen LogP contribution < -0.4 is 16.0 Å². The molecule has 5 amide bonds. The number of likely N-dealkylation sites (tertiary alicyclic amines) is 1. The van der Waals surface area contributed by atoms with E-state index in [9.17, 15) is 48.4 Å². The summed E-state index contributed by atoms with van der Waals surface area (Å²) in [4.78, 5) is 97.3. The number of hydrogen-bond donors (Lipinski definition) is 6. The zero-order chi connectivity index (χ0) is 53.0. The summed E-state index contributed by atoms with van der Waals surface area (Å²) in [5.74, 6) is -6.00. The second kappa shape index (κ2) is 29.6. The van der Waals surface area contributed by atoms with Crippen molar-refractivity contribution in [2.45, 2.75) is 142 Å². The van der Waals surface area contributed by atoms with Gasteiger partial charge in [0.2, 0.25) is 29.5 Å². The number of aliphatic hydroxyl groups excluding tert-OH is 1. The number of benzene rings is 1. The summed E-state index contributed by atoms with van der Waals surface area (Å²) in [5, 5.41) is 31.9. The molecule has 1 heterocycles. The Balaban J connectivity index is 2.19. The average Bonchev–Trinajstić information content (AvgIpc) is 3.81. The first-order chi connectivity index (χ1) is 32.9. The van der Waals surface area contributed by atoms with Crippen LogP contribution in [-0.4, -0.2) is 162 Å². The number of likely N-dealkylation sites (N-methyl/N-ethyl adjacent to an activating group) is 2. The van der Waals surface area contributed by atoms with E-state index in [1.807, 2.05) is 32.0 Å². The molecule has 22 nitrogen and oxygen atoms in total. The van der Waals surface area contributed by atoms with Crippen LogP contribution in [0.1, 0.15) is 106 Å². The third-order valence-electron chi connectivity index (χ3n) is 13.2. The highest BCUT2D eigenvalue weighted by molar-refractivity contribution is 7.50. The Labute approximate surface area is 413 Å². The van der Waals surface area contributed by atoms with Gasteiger partial charge in [-0.05, 0) is 62.1 Å². The highest BCUT2D eigenvalue weighted by Crippen LogP contribution is 2.47. The fourth-order valence-electron chi connectivity index (χ4n) is 8.89. The van der Waals surface area contributed by atoms with Gasteiger partial charge in [0, 0.05) is 58.2 Å². The summed E-state index contributed by atoms with van der Waals surface area (Å²) >= 11 is 0. The van der Waals surface area contributed by atoms with Gasteiger partial charge in [-0.25, -0.2) is 9.36 Å². The number of carboxylic acids is 1. The summed E-state index contributed by atoms with van der Waals surface area (Å²) < 4.78 is 31.4. The van der Waals surface area contributed by atoms with Crippen molar-refractivity contribution >= 4 is 43.3 Å². The molecule has 1 aromatic carbocycles. The minimum Gasteiger partial charge on any atom is -0.480 e. The number of amides is 5. The van der Waals surface area contributed by atoms with E-state index in [-0.39, 0.29) is 43.0 Å². The van der Waals surface area contributed by atoms with Gasteiger partial charge in [0.05, 0.1) is 49.3 Å². The predicted octanol–water partition coefficient (Wildman–Crippen LogP) is 4.27. The van der Waals surface area contributed by atoms with Crippen molar-refractivity contribution in [3.63, 3.8) is 0 Å². The highest BCUT2D eigenvalue weighted by atomic mass is 31.2. The standard InChI is InChI=1S/C47H80N9O13P/c1-13-30(6)41(36(67-11)25-38(58)56-24-22-34(26-56)43(68-12)31(7)44(60)50-32(8)42(59)33-19-15-14-16-20-33)54(9)46(62)39(28(2)3)52-45(61)40(29(4)5)55(10)70(65,66)69-27-35(47(63)64)51-37(57)21-17-18-23-49-53-48/h14-16,19-20,28-32,34-36,39-43,59H,13,17-18,21-27H2,1-12H3,(H,50,60)(H,51,57)(H,52,61)(H,63,64)(H,65,66)/t30-,31+,32+,34?,35-,36+,39-,40-,41-,42+,43+/m0/s1. The summed E-state index contributed by atoms with van der Waals surface area (Å²) in [6.45, 7) is 14.1. The minimum absolute atomic E-state index is 0.0750. The van der Waals surface area contributed by atoms with Gasteiger partial charge in [0.15, 0.2) is 6.04 Å². The number of hydrogen-bond acceptors (Lipinski definition) is 12. The molecule has 0 radical (unpaired) electrons. The number of carbonyl (C=O) groups excluding carboxylic acids is 5. The normalized spacial score (nSPS) is 19.0. The van der Waals surface area contributed by atoms with Crippen LogP contribution in [0.2, 0.25) is 0 Å². The quantitative estimate of drug-likeness (QED) is 0.0199. The summed E-state index contributed by atoms with van der Waals surface area (Å²) in [7, 11) is 0.842. The Morgan fingerprint density at radius 1 is 0.943 bits per heavy atom. The molecule has 0 aliphatic carbocycles. The number of nitrogens with zero attached hydrogens (tertiary/aromatic N) is 6. The first-order valence-electron chi connectivity index (χ1n) is 24.1. The molecule has 1 fully saturated rings. The van der Waals surface area contributed by atoms with Gasteiger partial charge in [-0.15, -0.1) is 0 Å². The first-order valence-corrected chi connectivity index (χ1v) is 25.6. The minimum atomic E-state index is -4.91. The third kappa shape index (κ3) is 17.9. The van der Waals surface area contributed by atoms with Crippen molar-refractivity contribution in [1.82, 2.24) is 30.4 Å². The summed E-state index contributed by atoms with van der Waals surface area (Å²) in [5.41, 5.74) is 9.08. The first kappa shape index (κ1) is 61.5. The molecule has 1 aromatic rings. The maximum Gasteiger partial charge on any atom is 0.406 e. The number of aliphatic carboxylic acids is 1. The van der Waals surface area contributed by atoms with Crippen LogP contribution in [0.3, 0.4) is 0 Å². The van der Waals surface area contributed by atoms with Crippen LogP contribution in [0.25, 0.3) is 10.4 Å². The molecule has 12 atom stereocenters. The molecule has 0 saturated carbocycles. The molecule has 2 unspecified atom stereocenters. The SMILES string of the molecule is CC[C@H](C)[C@@H]([C@@H](CC(=O)N1CCC([C@H](OC)[C@@H](C)C(=O)N[C@H](C)[C@@H](O)c2ccccc2)C1)OC)N(C)C(=O)[C@@H](NC(=O)[C@H](C(C)C)N(C)P(=O)(O)OC[C@H](NC(=O)CCCCN=[N+]=[N-])C(=O)O)C(C)C. The van der Waals surface area contributed by atoms with Gasteiger partial charge in [0.25, 0.3) is 0 Å². The van der Waals surface area contributed by atoms with Crippen LogP contribution in [0.4, 0.5) is 0 Å². The molecule has 0 spiro atoms. The van der Waals surface area contributed by atoms with E-state index in [2.05, 4.69) is 26.0 Å². The van der Waals surface area contributed by atoms with E-state index in [1.54, 1.807) is 65.6 Å². The Hall–Kier alpha value is -4.66. The Morgan fingerprint density at radius 3 is 2.13 bits per heavy atom. The van der Waals surface area contributed by atoms with Gasteiger partial charge in [0.1, 0.15) is 12.1 Å². The molecular weight excluding hydrogens is 930 g/mol. The molecule has 6 N–H and O–H groups in total. The smallest absolute Gasteiger partial charge is 0.406 e. The molecule has 1 aliphatic heterocycles. The topological polar surface area (TPSA) is 302 Å². The molecule has 2 rings (SSSR count). The molecule has 0 bridgehead atoms. The monoisotopic (exact) mass is 1010 g/mol. The lowest BCUT2D eigenvalue weighted by Crippen LogP contribution is -2.59. The lowest BCUT2D eigenvalue weighted by Gasteiger charge is -2.40. The second-order valence-corrected chi connectivity index (χ2v) is 20.9. The van der Waals surface area contributed by atoms with E-state index in [0.717, 1.165) is 11.7 Å². The predicted molar refractivity (Wildman–Crippen MR) is 261 cm³/mol. The average molecular weight is 1010 g/mol. The maximum atomic E-state index is 14.5. The number of unbranched alkanes of at least 4 members (excludes halogenated alkanes) is 1. The number of nitrogens with one attached hydrogen (secondary N) is 3. The van der Waals surface area contributed by atoms with Crippen molar-refractivity contribution in [2.75, 3.05) is 54.6 Å². The van der Waals surface area contributed by atoms with Gasteiger partial charge in [-0.3, -0.25) is 28.5 Å². The Morgan fingerprint density at radius 2 is 1.59 bits per heavy atom. The zero-order valence-corrected chi connectivity index (χ0v) is 43.9. The Bertz CT molecular complexity index is 1960. The van der Waals surface area contributed by atoms with Crippen molar-refractivity contribution in [3.05, 3.63) is 46.3 Å². The van der Waals surface area contributed by atoms with Crippen molar-refractivity contribution in [1.29, 1.82) is 0 Å². The highest BCUT2D eigenvalue weighted by Gasteiger charge is 2.44. The van der Waals surface area contributed by atoms with Gasteiger partial charge in [-0.1, -0.05) is 90.3 Å². The maximum absolute atomic E-state index is 14.5. The lowest BCUT2D eigenvalue weighted by molar-refractivity contribution is -0.146. The van der Waals surface area contributed by atoms with Crippen LogP contribution in [0.15, 0.2) is 35.4 Å². The number of ether oxygens (including phenoxy) is 2. The molecule has 1 saturated heterocycles. The summed E-state index contributed by atoms with van der Waals surface area (Å²) in [6, 6.07) is 3.66. The fourth-order valence-corrected chi connectivity index (χ4v) is 10.1. The molecule has 1 aliphatic rings. The summed E-state index contributed by atoms with van der Waals surface area (Å²) in [6.07, 6.45) is -0.487. The zero-order valence-electron chi connectivity index (χ0n) is 43.0. The van der Waals surface area contributed by atoms with Crippen LogP contribution in [0, 0.1) is 29.6 Å². The van der Waals surface area contributed by atoms with Crippen LogP contribution >= 0.6 is 7.75 Å². The van der Waals surface area contributed by atoms with Crippen LogP contribution in [0.5, 0.6) is 0 Å². The number of carbonyl (C=O) groups is 6. The van der Waals surface area contributed by atoms with Crippen molar-refractivity contribution < 1.29 is 62.4 Å². The van der Waals surface area contributed by atoms with Crippen LogP contribution in [-0.2, 0) is 47.3 Å². The van der Waals surface area contributed by atoms with Gasteiger partial charge in [-0.2, -0.15) is 4.67 Å². The van der Waals surface area contributed by atoms with E-state index in [1.165, 1.54) is 19.1 Å². The van der Waals surface area contributed by atoms with Crippen molar-refractivity contribution in [2.24, 2.45) is 34.7 Å². The largest absolute Gasteiger partial charge is 0.480 e. The van der Waals surface area contributed by atoms with E-state index in [0.29, 0.717) is 44.3 Å². The molecule has 0 aromatic heterocycles. The molecule has 396 valence electrons. The van der Waals surface area contributed by atoms with E-state index < -0.39 is 104 Å².